The third-order valence-electron chi connectivity index (χ3n) is 3.91. The molecule has 8 heteroatoms. The van der Waals surface area contributed by atoms with Crippen molar-refractivity contribution in [3.63, 3.8) is 0 Å². The fraction of sp³-hybridized carbons (Fsp3) is 0.583. The van der Waals surface area contributed by atoms with Crippen molar-refractivity contribution in [3.05, 3.63) is 42.0 Å². The van der Waals surface area contributed by atoms with Gasteiger partial charge >= 0.3 is 12.1 Å². The second-order valence-electron chi connectivity index (χ2n) is 11.6. The van der Waals surface area contributed by atoms with E-state index in [0.29, 0.717) is 0 Å². The molecule has 1 unspecified atom stereocenters. The third kappa shape index (κ3) is 15.0. The molecular weight excluding hydrogens is 436 g/mol. The highest BCUT2D eigenvalue weighted by atomic mass is 28.4. The molecule has 0 aliphatic carbocycles. The van der Waals surface area contributed by atoms with E-state index in [9.17, 15) is 14.7 Å². The number of amides is 1. The van der Waals surface area contributed by atoms with Crippen LogP contribution in [0.15, 0.2) is 36.4 Å². The first-order chi connectivity index (χ1) is 14.2. The van der Waals surface area contributed by atoms with Crippen molar-refractivity contribution in [3.8, 4) is 0 Å². The molecular formula is C24H44N2O4Si2. The monoisotopic (exact) mass is 480 g/mol. The highest BCUT2D eigenvalue weighted by Crippen LogP contribution is 2.25. The summed E-state index contributed by atoms with van der Waals surface area (Å²) in [6.45, 7) is 22.8. The molecule has 3 N–H and O–H groups in total. The number of carbonyl (C=O) groups is 2. The molecule has 1 amide bonds. The predicted molar refractivity (Wildman–Crippen MR) is 140 cm³/mol. The molecule has 6 nitrogen and oxygen atoms in total. The van der Waals surface area contributed by atoms with E-state index in [1.807, 2.05) is 36.4 Å². The Balaban J connectivity index is 0.000000900. The number of hydrogen-bond donors (Lipinski definition) is 3. The van der Waals surface area contributed by atoms with Crippen LogP contribution in [0, 0.1) is 5.41 Å². The summed E-state index contributed by atoms with van der Waals surface area (Å²) in [7, 11) is -1.96. The van der Waals surface area contributed by atoms with Gasteiger partial charge in [0, 0.05) is 5.41 Å². The maximum Gasteiger partial charge on any atom is 0.408 e. The number of aliphatic carboxylic acids is 1. The molecule has 1 aromatic rings. The molecule has 0 aliphatic heterocycles. The lowest BCUT2D eigenvalue weighted by molar-refractivity contribution is -0.141. The minimum atomic E-state index is -1.11. The Kier molecular flexibility index (Phi) is 11.1. The van der Waals surface area contributed by atoms with Gasteiger partial charge in [-0.3, -0.25) is 0 Å². The number of nitrogens with one attached hydrogen (secondary N) is 2. The Bertz CT molecular complexity index is 747. The van der Waals surface area contributed by atoms with Crippen LogP contribution >= 0.6 is 0 Å². The van der Waals surface area contributed by atoms with Crippen LogP contribution in [0.2, 0.25) is 39.3 Å². The maximum atomic E-state index is 11.9. The molecule has 182 valence electrons. The third-order valence-corrected chi connectivity index (χ3v) is 9.91. The average Bonchev–Trinajstić information content (AvgIpc) is 2.54. The first kappa shape index (κ1) is 30.1. The summed E-state index contributed by atoms with van der Waals surface area (Å²) >= 11 is 0. The van der Waals surface area contributed by atoms with Gasteiger partial charge in [0.1, 0.15) is 28.1 Å². The Morgan fingerprint density at radius 2 is 1.41 bits per heavy atom. The van der Waals surface area contributed by atoms with Gasteiger partial charge in [-0.15, -0.1) is 0 Å². The van der Waals surface area contributed by atoms with Crippen molar-refractivity contribution < 1.29 is 19.4 Å². The maximum absolute atomic E-state index is 11.9. The molecule has 0 radical (unpaired) electrons. The molecule has 0 spiro atoms. The van der Waals surface area contributed by atoms with E-state index in [1.165, 1.54) is 0 Å². The number of carbonyl (C=O) groups excluding carboxylic acids is 1. The number of benzene rings is 1. The summed E-state index contributed by atoms with van der Waals surface area (Å²) in [5.74, 6) is -1.11. The minimum absolute atomic E-state index is 0.683. The van der Waals surface area contributed by atoms with Crippen LogP contribution in [0.1, 0.15) is 40.2 Å². The molecule has 0 fully saturated rings. The number of hydrogen-bond acceptors (Lipinski definition) is 4. The van der Waals surface area contributed by atoms with Gasteiger partial charge in [-0.2, -0.15) is 0 Å². The molecule has 1 atom stereocenters. The van der Waals surface area contributed by atoms with Gasteiger partial charge in [-0.1, -0.05) is 95.6 Å². The van der Waals surface area contributed by atoms with Crippen molar-refractivity contribution in [2.24, 2.45) is 5.41 Å². The number of ether oxygens (including phenoxy) is 1. The summed E-state index contributed by atoms with van der Waals surface area (Å²) in [4.78, 5) is 23.4. The van der Waals surface area contributed by atoms with Crippen LogP contribution in [0.4, 0.5) is 4.79 Å². The van der Waals surface area contributed by atoms with Gasteiger partial charge in [-0.25, -0.2) is 9.59 Å². The van der Waals surface area contributed by atoms with Crippen LogP contribution < -0.4 is 9.96 Å². The standard InChI is InChI=1S/C18H25NO4.C6H19NSi2/c1-17(2,3)23-16(22)19-14(15(20)21)18(4,5)12-11-13-9-7-6-8-10-13;1-8(2,3)7-9(4,5)6/h6-12,14H,1-5H3,(H,19,22)(H,20,21);7H,1-6H3/b12-11+;. The van der Waals surface area contributed by atoms with Crippen molar-refractivity contribution in [1.82, 2.24) is 9.96 Å². The normalized spacial score (nSPS) is 13.7. The first-order valence-corrected chi connectivity index (χ1v) is 18.0. The van der Waals surface area contributed by atoms with Crippen molar-refractivity contribution in [1.29, 1.82) is 0 Å². The summed E-state index contributed by atoms with van der Waals surface area (Å²) in [5.41, 5.74) is -0.516. The predicted octanol–water partition coefficient (Wildman–Crippen LogP) is 5.95. The fourth-order valence-electron chi connectivity index (χ4n) is 3.09. The molecule has 32 heavy (non-hydrogen) atoms. The molecule has 1 aromatic carbocycles. The van der Waals surface area contributed by atoms with Gasteiger partial charge in [0.15, 0.2) is 0 Å². The van der Waals surface area contributed by atoms with E-state index in [2.05, 4.69) is 49.2 Å². The van der Waals surface area contributed by atoms with Crippen molar-refractivity contribution >= 4 is 34.6 Å². The van der Waals surface area contributed by atoms with Gasteiger partial charge in [0.25, 0.3) is 0 Å². The van der Waals surface area contributed by atoms with Crippen molar-refractivity contribution in [2.75, 3.05) is 0 Å². The highest BCUT2D eigenvalue weighted by Gasteiger charge is 2.35. The smallest absolute Gasteiger partial charge is 0.408 e. The van der Waals surface area contributed by atoms with Gasteiger partial charge in [0.05, 0.1) is 0 Å². The Labute approximate surface area is 197 Å². The van der Waals surface area contributed by atoms with Crippen LogP contribution in [0.5, 0.6) is 0 Å². The molecule has 1 rings (SSSR count). The van der Waals surface area contributed by atoms with Gasteiger partial charge in [0.2, 0.25) is 0 Å². The number of alkyl carbamates (subject to hydrolysis) is 1. The fourth-order valence-corrected chi connectivity index (χ4v) is 12.1. The minimum Gasteiger partial charge on any atom is -0.480 e. The lowest BCUT2D eigenvalue weighted by Crippen LogP contribution is -2.55. The first-order valence-electron chi connectivity index (χ1n) is 11.0. The van der Waals surface area contributed by atoms with Gasteiger partial charge < -0.3 is 19.8 Å². The number of carboxylic acid groups (broad SMARTS) is 1. The van der Waals surface area contributed by atoms with E-state index in [1.54, 1.807) is 40.7 Å². The molecule has 0 heterocycles. The summed E-state index contributed by atoms with van der Waals surface area (Å²) in [6.07, 6.45) is 2.87. The zero-order valence-electron chi connectivity index (χ0n) is 21.8. The van der Waals surface area contributed by atoms with Crippen LogP contribution in [-0.4, -0.2) is 45.3 Å². The van der Waals surface area contributed by atoms with E-state index in [-0.39, 0.29) is 0 Å². The lowest BCUT2D eigenvalue weighted by atomic mass is 9.83. The Hall–Kier alpha value is -1.91. The second kappa shape index (κ2) is 11.8. The number of rotatable bonds is 7. The zero-order chi connectivity index (χ0) is 25.4. The van der Waals surface area contributed by atoms with Gasteiger partial charge in [-0.05, 0) is 26.3 Å². The average molecular weight is 481 g/mol. The van der Waals surface area contributed by atoms with Crippen LogP contribution in [-0.2, 0) is 9.53 Å². The van der Waals surface area contributed by atoms with Crippen LogP contribution in [0.3, 0.4) is 0 Å². The summed E-state index contributed by atoms with van der Waals surface area (Å²) in [5, 5.41) is 11.9. The quantitative estimate of drug-likeness (QED) is 0.420. The molecule has 0 aromatic heterocycles. The zero-order valence-corrected chi connectivity index (χ0v) is 23.8. The summed E-state index contributed by atoms with van der Waals surface area (Å²) < 4.78 is 8.87. The molecule has 0 aliphatic rings. The van der Waals surface area contributed by atoms with Crippen molar-refractivity contribution in [2.45, 2.75) is 85.5 Å². The lowest BCUT2D eigenvalue weighted by Gasteiger charge is -2.30. The molecule has 0 saturated heterocycles. The largest absolute Gasteiger partial charge is 0.480 e. The summed E-state index contributed by atoms with van der Waals surface area (Å²) in [6, 6.07) is 8.46. The van der Waals surface area contributed by atoms with Crippen LogP contribution in [0.25, 0.3) is 6.08 Å². The molecule has 0 bridgehead atoms. The Morgan fingerprint density at radius 3 is 1.75 bits per heavy atom. The van der Waals surface area contributed by atoms with E-state index < -0.39 is 45.6 Å². The second-order valence-corrected chi connectivity index (χ2v) is 21.6. The Morgan fingerprint density at radius 1 is 0.938 bits per heavy atom. The SMILES string of the molecule is CC(C)(C)OC(=O)NC(C(=O)O)C(C)(C)/C=C/c1ccccc1.C[Si](C)(C)N[Si](C)(C)C. The molecule has 0 saturated carbocycles. The van der Waals surface area contributed by atoms with E-state index >= 15 is 0 Å². The highest BCUT2D eigenvalue weighted by molar-refractivity contribution is 6.90. The van der Waals surface area contributed by atoms with E-state index in [0.717, 1.165) is 5.56 Å². The number of carboxylic acids is 1. The topological polar surface area (TPSA) is 87.7 Å². The van der Waals surface area contributed by atoms with E-state index in [4.69, 9.17) is 4.74 Å².